The standard InChI is InChI=1S/C37H45F3N8O3S/c1-48-31(19-25-22-44-28-13-3-2-11-26(25)28)34(50)46-20-23-9-6-12-27(37(38,39)40)32(23)52-35-24(10-8-18-43-35)21-45-29(15-7-17-42)33(49)47-30(36(48)51)14-4-5-16-41/h2-3,6,8-13,18,22,29-31,44-45H,4-5,7,14-17,19-21,41-42H2,1H3,(H,46,50)(H,47,49)/t29-,30-,31-/m0/s1. The monoisotopic (exact) mass is 738 g/mol. The minimum atomic E-state index is -4.69. The SMILES string of the molecule is CN1C(=O)[C@H](CCCCN)NC(=O)[C@H](CCCN)NCc2cccnc2Sc2c(cccc2C(F)(F)F)CNC(=O)[C@@H]1Cc1c[nH]c2ccccc12. The van der Waals surface area contributed by atoms with E-state index in [1.807, 2.05) is 24.3 Å². The number of H-pyrrole nitrogens is 1. The number of para-hydroxylation sites is 1. The molecule has 52 heavy (non-hydrogen) atoms. The van der Waals surface area contributed by atoms with Crippen molar-refractivity contribution in [3.8, 4) is 0 Å². The van der Waals surface area contributed by atoms with Gasteiger partial charge in [-0.15, -0.1) is 0 Å². The van der Waals surface area contributed by atoms with Gasteiger partial charge >= 0.3 is 6.18 Å². The maximum atomic E-state index is 14.5. The first-order valence-corrected chi connectivity index (χ1v) is 18.2. The molecule has 11 nitrogen and oxygen atoms in total. The Bertz CT molecular complexity index is 1850. The lowest BCUT2D eigenvalue weighted by molar-refractivity contribution is -0.142. The van der Waals surface area contributed by atoms with Gasteiger partial charge in [0.15, 0.2) is 0 Å². The molecule has 8 N–H and O–H groups in total. The van der Waals surface area contributed by atoms with Crippen LogP contribution in [0.1, 0.15) is 54.4 Å². The molecule has 0 aliphatic carbocycles. The number of amides is 3. The minimum Gasteiger partial charge on any atom is -0.361 e. The summed E-state index contributed by atoms with van der Waals surface area (Å²) in [5.74, 6) is -1.47. The highest BCUT2D eigenvalue weighted by atomic mass is 32.2. The van der Waals surface area contributed by atoms with E-state index in [2.05, 4.69) is 25.9 Å². The van der Waals surface area contributed by atoms with E-state index in [9.17, 15) is 27.6 Å². The number of nitrogens with one attached hydrogen (secondary N) is 4. The second-order valence-corrected chi connectivity index (χ2v) is 13.8. The van der Waals surface area contributed by atoms with Crippen LogP contribution in [0.15, 0.2) is 76.9 Å². The van der Waals surface area contributed by atoms with Gasteiger partial charge in [0.1, 0.15) is 17.1 Å². The molecule has 2 aromatic carbocycles. The lowest BCUT2D eigenvalue weighted by Crippen LogP contribution is -2.57. The van der Waals surface area contributed by atoms with Crippen LogP contribution in [0.3, 0.4) is 0 Å². The molecule has 3 amide bonds. The summed E-state index contributed by atoms with van der Waals surface area (Å²) in [6.07, 6.45) is 0.985. The fraction of sp³-hybridized carbons (Fsp3) is 0.405. The number of nitrogens with zero attached hydrogens (tertiary/aromatic N) is 2. The van der Waals surface area contributed by atoms with Crippen molar-refractivity contribution in [3.05, 3.63) is 89.2 Å². The summed E-state index contributed by atoms with van der Waals surface area (Å²) in [7, 11) is 1.51. The second-order valence-electron chi connectivity index (χ2n) is 12.8. The summed E-state index contributed by atoms with van der Waals surface area (Å²) >= 11 is 0.852. The minimum absolute atomic E-state index is 0.101. The summed E-state index contributed by atoms with van der Waals surface area (Å²) in [5.41, 5.74) is 13.1. The molecule has 0 radical (unpaired) electrons. The van der Waals surface area contributed by atoms with E-state index in [1.165, 1.54) is 30.3 Å². The molecule has 1 aliphatic rings. The number of fused-ring (bicyclic) bond motifs is 3. The molecule has 2 aromatic heterocycles. The largest absolute Gasteiger partial charge is 0.417 e. The molecule has 15 heteroatoms. The third-order valence-electron chi connectivity index (χ3n) is 9.22. The number of likely N-dealkylation sites (N-methyl/N-ethyl adjacent to an activating group) is 1. The Morgan fingerprint density at radius 2 is 1.63 bits per heavy atom. The second kappa shape index (κ2) is 17.9. The number of carbonyl (C=O) groups excluding carboxylic acids is 3. The van der Waals surface area contributed by atoms with E-state index >= 15 is 0 Å². The normalized spacial score (nSPS) is 19.5. The fourth-order valence-corrected chi connectivity index (χ4v) is 7.48. The Hall–Kier alpha value is -4.44. The molecule has 278 valence electrons. The average Bonchev–Trinajstić information content (AvgIpc) is 3.54. The number of hydrogen-bond acceptors (Lipinski definition) is 8. The molecule has 0 bridgehead atoms. The topological polar surface area (TPSA) is 171 Å². The average molecular weight is 739 g/mol. The number of halogens is 3. The molecule has 0 saturated carbocycles. The van der Waals surface area contributed by atoms with Gasteiger partial charge in [0.2, 0.25) is 17.7 Å². The number of alkyl halides is 3. The molecule has 3 atom stereocenters. The van der Waals surface area contributed by atoms with Crippen LogP contribution < -0.4 is 27.4 Å². The summed E-state index contributed by atoms with van der Waals surface area (Å²) in [4.78, 5) is 51.3. The van der Waals surface area contributed by atoms with Gasteiger partial charge in [0.05, 0.1) is 11.6 Å². The van der Waals surface area contributed by atoms with E-state index in [-0.39, 0.29) is 36.4 Å². The number of rotatable bonds is 9. The van der Waals surface area contributed by atoms with Gasteiger partial charge in [-0.2, -0.15) is 13.2 Å². The van der Waals surface area contributed by atoms with E-state index in [0.29, 0.717) is 49.4 Å². The maximum Gasteiger partial charge on any atom is 0.417 e. The number of aromatic amines is 1. The van der Waals surface area contributed by atoms with Crippen molar-refractivity contribution in [1.29, 1.82) is 0 Å². The highest BCUT2D eigenvalue weighted by Crippen LogP contribution is 2.42. The molecule has 1 aliphatic heterocycles. The number of aromatic nitrogens is 2. The zero-order valence-corrected chi connectivity index (χ0v) is 29.8. The van der Waals surface area contributed by atoms with E-state index in [0.717, 1.165) is 34.3 Å². The van der Waals surface area contributed by atoms with Gasteiger partial charge < -0.3 is 37.3 Å². The van der Waals surface area contributed by atoms with Gasteiger partial charge in [-0.1, -0.05) is 48.2 Å². The van der Waals surface area contributed by atoms with Crippen molar-refractivity contribution >= 4 is 40.4 Å². The van der Waals surface area contributed by atoms with Crippen molar-refractivity contribution in [1.82, 2.24) is 30.8 Å². The molecule has 0 unspecified atom stereocenters. The highest BCUT2D eigenvalue weighted by molar-refractivity contribution is 7.99. The van der Waals surface area contributed by atoms with Gasteiger partial charge in [0.25, 0.3) is 0 Å². The summed E-state index contributed by atoms with van der Waals surface area (Å²) in [6, 6.07) is 12.0. The van der Waals surface area contributed by atoms with Crippen LogP contribution in [-0.2, 0) is 40.1 Å². The third-order valence-corrected chi connectivity index (χ3v) is 10.5. The first kappa shape index (κ1) is 38.8. The lowest BCUT2D eigenvalue weighted by atomic mass is 10.0. The summed E-state index contributed by atoms with van der Waals surface area (Å²) < 4.78 is 43.4. The Morgan fingerprint density at radius 3 is 2.40 bits per heavy atom. The molecule has 5 rings (SSSR count). The van der Waals surface area contributed by atoms with Gasteiger partial charge in [-0.25, -0.2) is 4.98 Å². The highest BCUT2D eigenvalue weighted by Gasteiger charge is 2.37. The van der Waals surface area contributed by atoms with Crippen molar-refractivity contribution in [2.75, 3.05) is 20.1 Å². The Morgan fingerprint density at radius 1 is 0.885 bits per heavy atom. The van der Waals surface area contributed by atoms with Crippen molar-refractivity contribution in [2.24, 2.45) is 11.5 Å². The van der Waals surface area contributed by atoms with Crippen molar-refractivity contribution < 1.29 is 27.6 Å². The predicted octanol–water partition coefficient (Wildman–Crippen LogP) is 4.24. The molecule has 4 aromatic rings. The van der Waals surface area contributed by atoms with Crippen molar-refractivity contribution in [3.63, 3.8) is 0 Å². The fourth-order valence-electron chi connectivity index (χ4n) is 6.33. The van der Waals surface area contributed by atoms with Gasteiger partial charge in [-0.3, -0.25) is 14.4 Å². The first-order chi connectivity index (χ1) is 25.0. The predicted molar refractivity (Wildman–Crippen MR) is 194 cm³/mol. The molecule has 0 fully saturated rings. The zero-order chi connectivity index (χ0) is 37.3. The van der Waals surface area contributed by atoms with Crippen LogP contribution >= 0.6 is 11.8 Å². The van der Waals surface area contributed by atoms with Gasteiger partial charge in [-0.05, 0) is 80.1 Å². The van der Waals surface area contributed by atoms with Crippen LogP contribution in [0.5, 0.6) is 0 Å². The van der Waals surface area contributed by atoms with E-state index in [1.54, 1.807) is 18.3 Å². The summed E-state index contributed by atoms with van der Waals surface area (Å²) in [6.45, 7) is 0.593. The number of benzene rings is 2. The Labute approximate surface area is 304 Å². The quantitative estimate of drug-likeness (QED) is 0.139. The molecule has 3 heterocycles. The molecule has 0 saturated heterocycles. The lowest BCUT2D eigenvalue weighted by Gasteiger charge is -2.32. The van der Waals surface area contributed by atoms with E-state index < -0.39 is 47.6 Å². The Balaban J connectivity index is 1.60. The van der Waals surface area contributed by atoms with Crippen LogP contribution in [0.2, 0.25) is 0 Å². The number of unbranched alkanes of at least 4 members (excludes halogenated alkanes) is 1. The van der Waals surface area contributed by atoms with Crippen molar-refractivity contribution in [2.45, 2.75) is 85.8 Å². The molecule has 0 spiro atoms. The zero-order valence-electron chi connectivity index (χ0n) is 29.0. The third kappa shape index (κ3) is 9.50. The van der Waals surface area contributed by atoms with E-state index in [4.69, 9.17) is 11.5 Å². The van der Waals surface area contributed by atoms with Crippen LogP contribution in [-0.4, -0.2) is 70.9 Å². The number of carbonyl (C=O) groups is 3. The molecular formula is C37H45F3N8O3S. The number of nitrogens with two attached hydrogens (primary N) is 2. The first-order valence-electron chi connectivity index (χ1n) is 17.4. The smallest absolute Gasteiger partial charge is 0.361 e. The summed E-state index contributed by atoms with van der Waals surface area (Å²) in [5, 5.41) is 10.2. The van der Waals surface area contributed by atoms with Crippen LogP contribution in [0.25, 0.3) is 10.9 Å². The molecular weight excluding hydrogens is 694 g/mol. The number of pyridine rings is 1. The Kier molecular flexibility index (Phi) is 13.3. The number of hydrogen-bond donors (Lipinski definition) is 6. The van der Waals surface area contributed by atoms with Crippen LogP contribution in [0.4, 0.5) is 13.2 Å². The van der Waals surface area contributed by atoms with Gasteiger partial charge in [0, 0.05) is 54.8 Å². The van der Waals surface area contributed by atoms with Crippen LogP contribution in [0, 0.1) is 0 Å². The maximum absolute atomic E-state index is 14.5.